The third kappa shape index (κ3) is 3.11. The molecule has 2 heterocycles. The summed E-state index contributed by atoms with van der Waals surface area (Å²) in [7, 11) is 3.28. The van der Waals surface area contributed by atoms with Gasteiger partial charge in [0, 0.05) is 18.1 Å². The Kier molecular flexibility index (Phi) is 4.98. The second-order valence-electron chi connectivity index (χ2n) is 7.33. The van der Waals surface area contributed by atoms with Crippen LogP contribution in [0.1, 0.15) is 31.2 Å². The van der Waals surface area contributed by atoms with Crippen LogP contribution >= 0.6 is 0 Å². The summed E-state index contributed by atoms with van der Waals surface area (Å²) >= 11 is 0. The van der Waals surface area contributed by atoms with E-state index in [1.807, 2.05) is 18.2 Å². The van der Waals surface area contributed by atoms with Crippen LogP contribution in [0, 0.1) is 5.82 Å². The van der Waals surface area contributed by atoms with E-state index in [9.17, 15) is 9.50 Å². The molecule has 1 atom stereocenters. The highest BCUT2D eigenvalue weighted by atomic mass is 19.1. The van der Waals surface area contributed by atoms with Crippen molar-refractivity contribution < 1.29 is 23.5 Å². The van der Waals surface area contributed by atoms with Crippen LogP contribution in [0.5, 0.6) is 11.5 Å². The van der Waals surface area contributed by atoms with Crippen molar-refractivity contribution in [2.75, 3.05) is 32.2 Å². The van der Waals surface area contributed by atoms with E-state index in [1.165, 1.54) is 12.1 Å². The van der Waals surface area contributed by atoms with Gasteiger partial charge in [-0.2, -0.15) is 0 Å². The summed E-state index contributed by atoms with van der Waals surface area (Å²) in [5, 5.41) is 11.8. The number of benzene rings is 2. The quantitative estimate of drug-likeness (QED) is 0.819. The molecule has 0 bridgehead atoms. The molecule has 2 aliphatic rings. The number of hydrogen-bond donors (Lipinski definition) is 1. The topological polar surface area (TPSA) is 44.9 Å². The van der Waals surface area contributed by atoms with E-state index in [0.29, 0.717) is 12.1 Å². The molecule has 2 aromatic rings. The molecular weight excluding hydrogens is 359 g/mol. The molecule has 0 aliphatic carbocycles. The van der Waals surface area contributed by atoms with Crippen LogP contribution in [-0.2, 0) is 5.72 Å². The summed E-state index contributed by atoms with van der Waals surface area (Å²) in [4.78, 5) is 2.12. The van der Waals surface area contributed by atoms with Gasteiger partial charge in [-0.05, 0) is 55.7 Å². The first kappa shape index (κ1) is 18.7. The fourth-order valence-corrected chi connectivity index (χ4v) is 4.27. The molecule has 0 unspecified atom stereocenters. The highest BCUT2D eigenvalue weighted by molar-refractivity contribution is 5.97. The van der Waals surface area contributed by atoms with E-state index in [0.717, 1.165) is 55.3 Å². The third-order valence-corrected chi connectivity index (χ3v) is 5.71. The van der Waals surface area contributed by atoms with Crippen LogP contribution in [0.2, 0.25) is 0 Å². The van der Waals surface area contributed by atoms with E-state index in [4.69, 9.17) is 9.47 Å². The van der Waals surface area contributed by atoms with Crippen LogP contribution in [0.3, 0.4) is 0 Å². The molecule has 0 amide bonds. The van der Waals surface area contributed by atoms with Crippen molar-refractivity contribution in [3.8, 4) is 11.5 Å². The molecule has 2 aromatic carbocycles. The Morgan fingerprint density at radius 2 is 1.82 bits per heavy atom. The van der Waals surface area contributed by atoms with Gasteiger partial charge in [0.2, 0.25) is 0 Å². The molecule has 148 valence electrons. The monoisotopic (exact) mass is 385 g/mol. The molecule has 0 aromatic heterocycles. The van der Waals surface area contributed by atoms with Crippen molar-refractivity contribution in [3.63, 3.8) is 0 Å². The molecular formula is C22H26FN2O3+. The zero-order valence-corrected chi connectivity index (χ0v) is 16.3. The Balaban J connectivity index is 1.84. The lowest BCUT2D eigenvalue weighted by Gasteiger charge is -2.23. The first-order chi connectivity index (χ1) is 13.6. The van der Waals surface area contributed by atoms with Crippen molar-refractivity contribution in [1.82, 2.24) is 0 Å². The van der Waals surface area contributed by atoms with Gasteiger partial charge >= 0.3 is 0 Å². The second-order valence-corrected chi connectivity index (χ2v) is 7.33. The summed E-state index contributed by atoms with van der Waals surface area (Å²) in [6, 6.07) is 11.8. The van der Waals surface area contributed by atoms with Gasteiger partial charge in [-0.25, -0.2) is 13.9 Å². The van der Waals surface area contributed by atoms with Crippen LogP contribution in [0.15, 0.2) is 42.5 Å². The van der Waals surface area contributed by atoms with Crippen molar-refractivity contribution >= 4 is 11.5 Å². The number of β-amino-alcohol motifs (C(OH)–C–C–N with tert-alkyl or cyclic N) is 1. The molecule has 0 saturated carbocycles. The SMILES string of the molecule is COc1ccc(OC)c(N2C[C@@](O)(c3ccc(F)cc3)[N+]3=C2CCCCC3)c1. The minimum absolute atomic E-state index is 0.309. The average molecular weight is 385 g/mol. The lowest BCUT2D eigenvalue weighted by atomic mass is 10.0. The summed E-state index contributed by atoms with van der Waals surface area (Å²) in [6.45, 7) is 1.10. The first-order valence-electron chi connectivity index (χ1n) is 9.68. The Morgan fingerprint density at radius 3 is 2.54 bits per heavy atom. The number of amidine groups is 1. The maximum absolute atomic E-state index is 13.5. The van der Waals surface area contributed by atoms with Crippen molar-refractivity contribution in [2.24, 2.45) is 0 Å². The first-order valence-corrected chi connectivity index (χ1v) is 9.68. The molecule has 0 saturated heterocycles. The second kappa shape index (κ2) is 7.43. The van der Waals surface area contributed by atoms with E-state index < -0.39 is 5.72 Å². The predicted octanol–water partition coefficient (Wildman–Crippen LogP) is 3.49. The van der Waals surface area contributed by atoms with Gasteiger partial charge in [-0.15, -0.1) is 0 Å². The summed E-state index contributed by atoms with van der Waals surface area (Å²) in [5.74, 6) is 2.21. The summed E-state index contributed by atoms with van der Waals surface area (Å²) < 4.78 is 26.6. The van der Waals surface area contributed by atoms with Gasteiger partial charge < -0.3 is 14.6 Å². The van der Waals surface area contributed by atoms with Crippen molar-refractivity contribution in [2.45, 2.75) is 31.4 Å². The van der Waals surface area contributed by atoms with Gasteiger partial charge in [0.1, 0.15) is 11.6 Å². The number of hydrogen-bond acceptors (Lipinski definition) is 4. The third-order valence-electron chi connectivity index (χ3n) is 5.71. The number of nitrogens with zero attached hydrogens (tertiary/aromatic N) is 2. The van der Waals surface area contributed by atoms with Gasteiger partial charge in [-0.3, -0.25) is 0 Å². The standard InChI is InChI=1S/C22H26FN2O3/c1-27-18-11-12-20(28-2)19(14-18)24-15-22(26,16-7-9-17(23)10-8-16)25-13-5-3-4-6-21(24)25/h7-12,14,26H,3-6,13,15H2,1-2H3/q+1/t22-/m1/s1. The van der Waals surface area contributed by atoms with Gasteiger partial charge in [-0.1, -0.05) is 0 Å². The molecule has 5 nitrogen and oxygen atoms in total. The van der Waals surface area contributed by atoms with Crippen molar-refractivity contribution in [1.29, 1.82) is 0 Å². The normalized spacial score (nSPS) is 22.1. The zero-order valence-electron chi connectivity index (χ0n) is 16.3. The Labute approximate surface area is 164 Å². The van der Waals surface area contributed by atoms with Gasteiger partial charge in [0.15, 0.2) is 18.0 Å². The number of aliphatic hydroxyl groups is 1. The maximum Gasteiger partial charge on any atom is 0.271 e. The Hall–Kier alpha value is -2.60. The smallest absolute Gasteiger partial charge is 0.271 e. The molecule has 0 fully saturated rings. The minimum Gasteiger partial charge on any atom is -0.497 e. The largest absolute Gasteiger partial charge is 0.497 e. The number of rotatable bonds is 4. The van der Waals surface area contributed by atoms with E-state index in [-0.39, 0.29) is 5.82 Å². The lowest BCUT2D eigenvalue weighted by Crippen LogP contribution is -2.41. The van der Waals surface area contributed by atoms with E-state index in [2.05, 4.69) is 9.48 Å². The fourth-order valence-electron chi connectivity index (χ4n) is 4.27. The minimum atomic E-state index is -1.22. The molecule has 1 N–H and O–H groups in total. The highest BCUT2D eigenvalue weighted by Gasteiger charge is 2.52. The molecule has 2 aliphatic heterocycles. The summed E-state index contributed by atoms with van der Waals surface area (Å²) in [6.07, 6.45) is 4.05. The number of anilines is 1. The molecule has 6 heteroatoms. The number of ether oxygens (including phenoxy) is 2. The van der Waals surface area contributed by atoms with Crippen LogP contribution in [0.4, 0.5) is 10.1 Å². The lowest BCUT2D eigenvalue weighted by molar-refractivity contribution is -0.658. The van der Waals surface area contributed by atoms with Crippen LogP contribution in [-0.4, -0.2) is 42.8 Å². The number of halogens is 1. The van der Waals surface area contributed by atoms with Crippen LogP contribution in [0.25, 0.3) is 0 Å². The molecule has 28 heavy (non-hydrogen) atoms. The van der Waals surface area contributed by atoms with E-state index >= 15 is 0 Å². The average Bonchev–Trinajstić information content (AvgIpc) is 2.87. The predicted molar refractivity (Wildman–Crippen MR) is 106 cm³/mol. The fraction of sp³-hybridized carbons (Fsp3) is 0.409. The van der Waals surface area contributed by atoms with Crippen molar-refractivity contribution in [3.05, 3.63) is 53.8 Å². The van der Waals surface area contributed by atoms with E-state index in [1.54, 1.807) is 26.4 Å². The maximum atomic E-state index is 13.5. The highest BCUT2D eigenvalue weighted by Crippen LogP contribution is 2.40. The molecule has 0 radical (unpaired) electrons. The Bertz CT molecular complexity index is 897. The van der Waals surface area contributed by atoms with Crippen LogP contribution < -0.4 is 14.4 Å². The van der Waals surface area contributed by atoms with Gasteiger partial charge in [0.25, 0.3) is 11.6 Å². The zero-order chi connectivity index (χ0) is 19.7. The number of methoxy groups -OCH3 is 2. The Morgan fingerprint density at radius 1 is 1.04 bits per heavy atom. The molecule has 4 rings (SSSR count). The molecule has 0 spiro atoms. The summed E-state index contributed by atoms with van der Waals surface area (Å²) in [5.41, 5.74) is 0.334. The van der Waals surface area contributed by atoms with Gasteiger partial charge in [0.05, 0.1) is 20.8 Å².